The van der Waals surface area contributed by atoms with Crippen LogP contribution in [0.1, 0.15) is 30.5 Å². The van der Waals surface area contributed by atoms with Gasteiger partial charge in [-0.3, -0.25) is 0 Å². The molecule has 0 radical (unpaired) electrons. The summed E-state index contributed by atoms with van der Waals surface area (Å²) in [5.74, 6) is 0.986. The van der Waals surface area contributed by atoms with Gasteiger partial charge < -0.3 is 15.8 Å². The Balaban J connectivity index is 2.73. The number of methoxy groups -OCH3 is 1. The summed E-state index contributed by atoms with van der Waals surface area (Å²) in [5, 5.41) is 3.47. The van der Waals surface area contributed by atoms with Crippen LogP contribution >= 0.6 is 0 Å². The van der Waals surface area contributed by atoms with Crippen molar-refractivity contribution in [1.82, 2.24) is 5.32 Å². The van der Waals surface area contributed by atoms with Crippen molar-refractivity contribution in [2.24, 2.45) is 5.73 Å². The lowest BCUT2D eigenvalue weighted by Crippen LogP contribution is -2.46. The Morgan fingerprint density at radius 2 is 1.94 bits per heavy atom. The summed E-state index contributed by atoms with van der Waals surface area (Å²) in [5.41, 5.74) is 9.51. The number of nitrogens with two attached hydrogens (primary N) is 1. The van der Waals surface area contributed by atoms with E-state index >= 15 is 0 Å². The van der Waals surface area contributed by atoms with E-state index in [4.69, 9.17) is 10.5 Å². The van der Waals surface area contributed by atoms with E-state index in [1.807, 2.05) is 0 Å². The second-order valence-corrected chi connectivity index (χ2v) is 5.53. The molecule has 0 fully saturated rings. The molecule has 0 unspecified atom stereocenters. The van der Waals surface area contributed by atoms with E-state index in [-0.39, 0.29) is 5.54 Å². The molecule has 0 bridgehead atoms. The van der Waals surface area contributed by atoms with E-state index in [9.17, 15) is 0 Å². The third kappa shape index (κ3) is 4.00. The summed E-state index contributed by atoms with van der Waals surface area (Å²) in [6.07, 6.45) is 0.957. The molecule has 0 heterocycles. The van der Waals surface area contributed by atoms with Gasteiger partial charge in [-0.25, -0.2) is 0 Å². The van der Waals surface area contributed by atoms with E-state index in [1.165, 1.54) is 16.7 Å². The van der Waals surface area contributed by atoms with E-state index in [2.05, 4.69) is 45.1 Å². The van der Waals surface area contributed by atoms with Crippen LogP contribution < -0.4 is 15.8 Å². The van der Waals surface area contributed by atoms with Crippen molar-refractivity contribution < 1.29 is 4.74 Å². The lowest BCUT2D eigenvalue weighted by Gasteiger charge is -2.24. The summed E-state index contributed by atoms with van der Waals surface area (Å²) in [4.78, 5) is 0. The normalized spacial score (nSPS) is 11.7. The zero-order valence-corrected chi connectivity index (χ0v) is 12.3. The summed E-state index contributed by atoms with van der Waals surface area (Å²) in [6.45, 7) is 10.0. The minimum Gasteiger partial charge on any atom is -0.496 e. The highest BCUT2D eigenvalue weighted by molar-refractivity contribution is 5.43. The number of nitrogens with one attached hydrogen (secondary N) is 1. The standard InChI is InChI=1S/C15H26N2O/c1-11-8-12(2)13(14(9-11)18-5)6-7-17-15(3,4)10-16/h8-9,17H,6-7,10,16H2,1-5H3. The molecule has 3 heteroatoms. The summed E-state index contributed by atoms with van der Waals surface area (Å²) < 4.78 is 5.46. The molecule has 0 saturated carbocycles. The minimum atomic E-state index is -0.00810. The number of hydrogen-bond acceptors (Lipinski definition) is 3. The molecule has 3 N–H and O–H groups in total. The first kappa shape index (κ1) is 15.0. The van der Waals surface area contributed by atoms with Gasteiger partial charge in [0.1, 0.15) is 5.75 Å². The van der Waals surface area contributed by atoms with Crippen molar-refractivity contribution in [3.8, 4) is 5.75 Å². The van der Waals surface area contributed by atoms with Crippen molar-refractivity contribution >= 4 is 0 Å². The van der Waals surface area contributed by atoms with Gasteiger partial charge in [0.25, 0.3) is 0 Å². The van der Waals surface area contributed by atoms with Crippen molar-refractivity contribution in [2.45, 2.75) is 39.7 Å². The van der Waals surface area contributed by atoms with Gasteiger partial charge in [-0.2, -0.15) is 0 Å². The van der Waals surface area contributed by atoms with Crippen molar-refractivity contribution in [3.63, 3.8) is 0 Å². The van der Waals surface area contributed by atoms with Crippen LogP contribution in [0.15, 0.2) is 12.1 Å². The monoisotopic (exact) mass is 250 g/mol. The van der Waals surface area contributed by atoms with Crippen LogP contribution in [0.3, 0.4) is 0 Å². The fraction of sp³-hybridized carbons (Fsp3) is 0.600. The average Bonchev–Trinajstić information content (AvgIpc) is 2.31. The van der Waals surface area contributed by atoms with E-state index in [0.29, 0.717) is 6.54 Å². The average molecular weight is 250 g/mol. The van der Waals surface area contributed by atoms with Crippen LogP contribution in [0, 0.1) is 13.8 Å². The minimum absolute atomic E-state index is 0.00810. The van der Waals surface area contributed by atoms with Crippen LogP contribution in [0.25, 0.3) is 0 Å². The lowest BCUT2D eigenvalue weighted by atomic mass is 10.0. The third-order valence-corrected chi connectivity index (χ3v) is 3.29. The number of hydrogen-bond donors (Lipinski definition) is 2. The van der Waals surface area contributed by atoms with Gasteiger partial charge in [0.2, 0.25) is 0 Å². The Morgan fingerprint density at radius 1 is 1.28 bits per heavy atom. The molecule has 0 aliphatic heterocycles. The summed E-state index contributed by atoms with van der Waals surface area (Å²) in [7, 11) is 1.73. The first-order valence-electron chi connectivity index (χ1n) is 6.49. The molecule has 18 heavy (non-hydrogen) atoms. The van der Waals surface area contributed by atoms with Gasteiger partial charge in [0.05, 0.1) is 7.11 Å². The Hall–Kier alpha value is -1.06. The van der Waals surface area contributed by atoms with Crippen LogP contribution in [-0.4, -0.2) is 25.7 Å². The van der Waals surface area contributed by atoms with Crippen LogP contribution in [-0.2, 0) is 6.42 Å². The fourth-order valence-electron chi connectivity index (χ4n) is 2.06. The van der Waals surface area contributed by atoms with Gasteiger partial charge in [-0.05, 0) is 63.4 Å². The Bertz CT molecular complexity index is 400. The zero-order valence-electron chi connectivity index (χ0n) is 12.3. The Kier molecular flexibility index (Phi) is 5.17. The number of ether oxygens (including phenoxy) is 1. The summed E-state index contributed by atoms with van der Waals surface area (Å²) in [6, 6.07) is 4.29. The highest BCUT2D eigenvalue weighted by atomic mass is 16.5. The third-order valence-electron chi connectivity index (χ3n) is 3.29. The van der Waals surface area contributed by atoms with Crippen LogP contribution in [0.4, 0.5) is 0 Å². The van der Waals surface area contributed by atoms with Gasteiger partial charge in [0.15, 0.2) is 0 Å². The maximum Gasteiger partial charge on any atom is 0.122 e. The SMILES string of the molecule is COc1cc(C)cc(C)c1CCNC(C)(C)CN. The zero-order chi connectivity index (χ0) is 13.8. The van der Waals surface area contributed by atoms with Crippen LogP contribution in [0.2, 0.25) is 0 Å². The maximum absolute atomic E-state index is 5.70. The molecule has 1 aromatic rings. The molecule has 0 saturated heterocycles. The first-order chi connectivity index (χ1) is 8.39. The van der Waals surface area contributed by atoms with Crippen molar-refractivity contribution in [1.29, 1.82) is 0 Å². The maximum atomic E-state index is 5.70. The Labute approximate surface area is 111 Å². The van der Waals surface area contributed by atoms with E-state index < -0.39 is 0 Å². The van der Waals surface area contributed by atoms with Gasteiger partial charge in [-0.1, -0.05) is 6.07 Å². The van der Waals surface area contributed by atoms with Crippen LogP contribution in [0.5, 0.6) is 5.75 Å². The number of aryl methyl sites for hydroxylation is 2. The molecule has 0 aliphatic carbocycles. The largest absolute Gasteiger partial charge is 0.496 e. The van der Waals surface area contributed by atoms with Gasteiger partial charge in [-0.15, -0.1) is 0 Å². The lowest BCUT2D eigenvalue weighted by molar-refractivity contribution is 0.391. The van der Waals surface area contributed by atoms with E-state index in [1.54, 1.807) is 7.11 Å². The first-order valence-corrected chi connectivity index (χ1v) is 6.49. The van der Waals surface area contributed by atoms with Gasteiger partial charge >= 0.3 is 0 Å². The van der Waals surface area contributed by atoms with Gasteiger partial charge in [0, 0.05) is 12.1 Å². The topological polar surface area (TPSA) is 47.3 Å². The predicted octanol–water partition coefficient (Wildman–Crippen LogP) is 2.18. The smallest absolute Gasteiger partial charge is 0.122 e. The molecule has 1 aromatic carbocycles. The second kappa shape index (κ2) is 6.21. The predicted molar refractivity (Wildman–Crippen MR) is 77.3 cm³/mol. The highest BCUT2D eigenvalue weighted by Gasteiger charge is 2.14. The van der Waals surface area contributed by atoms with Crippen molar-refractivity contribution in [2.75, 3.05) is 20.2 Å². The molecule has 3 nitrogen and oxygen atoms in total. The number of rotatable bonds is 6. The van der Waals surface area contributed by atoms with Crippen molar-refractivity contribution in [3.05, 3.63) is 28.8 Å². The quantitative estimate of drug-likeness (QED) is 0.813. The fourth-order valence-corrected chi connectivity index (χ4v) is 2.06. The second-order valence-electron chi connectivity index (χ2n) is 5.53. The molecule has 0 amide bonds. The highest BCUT2D eigenvalue weighted by Crippen LogP contribution is 2.24. The molecule has 0 aliphatic rings. The molecule has 1 rings (SSSR count). The summed E-state index contributed by atoms with van der Waals surface area (Å²) >= 11 is 0. The number of benzene rings is 1. The molecular formula is C15H26N2O. The molecule has 0 spiro atoms. The molecule has 0 atom stereocenters. The van der Waals surface area contributed by atoms with E-state index in [0.717, 1.165) is 18.7 Å². The Morgan fingerprint density at radius 3 is 2.50 bits per heavy atom. The molecule has 102 valence electrons. The molecular weight excluding hydrogens is 224 g/mol. The molecule has 0 aromatic heterocycles.